The number of hydrogen-bond acceptors (Lipinski definition) is 4. The van der Waals surface area contributed by atoms with Crippen LogP contribution in [0.15, 0.2) is 23.1 Å². The van der Waals surface area contributed by atoms with E-state index in [0.717, 1.165) is 30.2 Å². The SMILES string of the molecule is CCN1CCC[C@@H]1CNC(=O)c1cc(S(=O)(=O)N(C)C)ccc1Cl. The van der Waals surface area contributed by atoms with Crippen molar-refractivity contribution in [2.24, 2.45) is 0 Å². The van der Waals surface area contributed by atoms with Crippen LogP contribution in [0.4, 0.5) is 0 Å². The van der Waals surface area contributed by atoms with Crippen LogP contribution in [0.5, 0.6) is 0 Å². The summed E-state index contributed by atoms with van der Waals surface area (Å²) in [6, 6.07) is 4.51. The molecule has 1 amide bonds. The largest absolute Gasteiger partial charge is 0.350 e. The van der Waals surface area contributed by atoms with Gasteiger partial charge in [0.15, 0.2) is 0 Å². The van der Waals surface area contributed by atoms with Crippen LogP contribution < -0.4 is 5.32 Å². The van der Waals surface area contributed by atoms with Crippen molar-refractivity contribution < 1.29 is 13.2 Å². The highest BCUT2D eigenvalue weighted by molar-refractivity contribution is 7.89. The fraction of sp³-hybridized carbons (Fsp3) is 0.562. The lowest BCUT2D eigenvalue weighted by atomic mass is 10.2. The summed E-state index contributed by atoms with van der Waals surface area (Å²) in [5.41, 5.74) is 0.181. The van der Waals surface area contributed by atoms with Gasteiger partial charge >= 0.3 is 0 Å². The average Bonchev–Trinajstić information content (AvgIpc) is 3.00. The number of hydrogen-bond donors (Lipinski definition) is 1. The number of halogens is 1. The fourth-order valence-corrected chi connectivity index (χ4v) is 4.03. The summed E-state index contributed by atoms with van der Waals surface area (Å²) in [6.45, 7) is 4.65. The van der Waals surface area contributed by atoms with Gasteiger partial charge in [-0.3, -0.25) is 9.69 Å². The summed E-state index contributed by atoms with van der Waals surface area (Å²) in [5, 5.41) is 3.12. The van der Waals surface area contributed by atoms with Gasteiger partial charge in [0, 0.05) is 26.7 Å². The van der Waals surface area contributed by atoms with Crippen LogP contribution in [0, 0.1) is 0 Å². The van der Waals surface area contributed by atoms with Crippen molar-refractivity contribution in [2.75, 3.05) is 33.7 Å². The molecule has 1 aliphatic rings. The zero-order valence-corrected chi connectivity index (χ0v) is 15.8. The Morgan fingerprint density at radius 2 is 2.12 bits per heavy atom. The van der Waals surface area contributed by atoms with E-state index in [1.54, 1.807) is 0 Å². The minimum absolute atomic E-state index is 0.0538. The summed E-state index contributed by atoms with van der Waals surface area (Å²) in [5.74, 6) is -0.348. The van der Waals surface area contributed by atoms with E-state index in [1.807, 2.05) is 0 Å². The summed E-state index contributed by atoms with van der Waals surface area (Å²) in [6.07, 6.45) is 2.18. The quantitative estimate of drug-likeness (QED) is 0.825. The molecule has 0 radical (unpaired) electrons. The molecular weight excluding hydrogens is 350 g/mol. The zero-order valence-electron chi connectivity index (χ0n) is 14.3. The third-order valence-electron chi connectivity index (χ3n) is 4.36. The molecule has 1 N–H and O–H groups in total. The second kappa shape index (κ2) is 7.82. The Kier molecular flexibility index (Phi) is 6.25. The molecule has 134 valence electrons. The minimum atomic E-state index is -3.61. The number of likely N-dealkylation sites (tertiary alicyclic amines) is 1. The number of benzene rings is 1. The molecule has 0 bridgehead atoms. The molecule has 1 heterocycles. The number of carbonyl (C=O) groups is 1. The average molecular weight is 374 g/mol. The standard InChI is InChI=1S/C16H24ClN3O3S/c1-4-20-9-5-6-12(20)11-18-16(21)14-10-13(7-8-15(14)17)24(22,23)19(2)3/h7-8,10,12H,4-6,9,11H2,1-3H3,(H,18,21)/t12-/m1/s1. The van der Waals surface area contributed by atoms with Crippen molar-refractivity contribution in [3.63, 3.8) is 0 Å². The summed E-state index contributed by atoms with van der Waals surface area (Å²) >= 11 is 6.09. The smallest absolute Gasteiger partial charge is 0.252 e. The van der Waals surface area contributed by atoms with Crippen molar-refractivity contribution in [1.82, 2.24) is 14.5 Å². The van der Waals surface area contributed by atoms with E-state index in [-0.39, 0.29) is 21.4 Å². The van der Waals surface area contributed by atoms with Crippen molar-refractivity contribution in [1.29, 1.82) is 0 Å². The summed E-state index contributed by atoms with van der Waals surface area (Å²) < 4.78 is 25.5. The van der Waals surface area contributed by atoms with E-state index in [2.05, 4.69) is 17.1 Å². The lowest BCUT2D eigenvalue weighted by Gasteiger charge is -2.23. The van der Waals surface area contributed by atoms with E-state index in [9.17, 15) is 13.2 Å². The molecule has 0 aliphatic carbocycles. The fourth-order valence-electron chi connectivity index (χ4n) is 2.90. The number of likely N-dealkylation sites (N-methyl/N-ethyl adjacent to an activating group) is 1. The van der Waals surface area contributed by atoms with Crippen LogP contribution in [-0.4, -0.2) is 63.3 Å². The maximum atomic E-state index is 12.4. The number of nitrogens with one attached hydrogen (secondary N) is 1. The van der Waals surface area contributed by atoms with Crippen LogP contribution in [-0.2, 0) is 10.0 Å². The van der Waals surface area contributed by atoms with Crippen LogP contribution in [0.2, 0.25) is 5.02 Å². The molecule has 1 atom stereocenters. The second-order valence-corrected chi connectivity index (χ2v) is 8.62. The molecule has 8 heteroatoms. The van der Waals surface area contributed by atoms with Crippen molar-refractivity contribution in [3.05, 3.63) is 28.8 Å². The van der Waals surface area contributed by atoms with Gasteiger partial charge in [-0.15, -0.1) is 0 Å². The molecule has 2 rings (SSSR count). The molecular formula is C16H24ClN3O3S. The van der Waals surface area contributed by atoms with Gasteiger partial charge in [-0.25, -0.2) is 12.7 Å². The zero-order chi connectivity index (χ0) is 17.9. The maximum absolute atomic E-state index is 12.4. The van der Waals surface area contributed by atoms with E-state index in [4.69, 9.17) is 11.6 Å². The molecule has 0 spiro atoms. The number of carbonyl (C=O) groups excluding carboxylic acids is 1. The first-order valence-electron chi connectivity index (χ1n) is 8.01. The van der Waals surface area contributed by atoms with Gasteiger partial charge in [0.2, 0.25) is 10.0 Å². The Morgan fingerprint density at radius 3 is 2.75 bits per heavy atom. The normalized spacial score (nSPS) is 19.0. The van der Waals surface area contributed by atoms with Gasteiger partial charge in [0.25, 0.3) is 5.91 Å². The molecule has 0 unspecified atom stereocenters. The third kappa shape index (κ3) is 4.08. The highest BCUT2D eigenvalue weighted by atomic mass is 35.5. The van der Waals surface area contributed by atoms with Crippen molar-refractivity contribution >= 4 is 27.5 Å². The van der Waals surface area contributed by atoms with Gasteiger partial charge in [0.1, 0.15) is 0 Å². The van der Waals surface area contributed by atoms with Gasteiger partial charge in [-0.2, -0.15) is 0 Å². The van der Waals surface area contributed by atoms with Crippen molar-refractivity contribution in [3.8, 4) is 0 Å². The first-order chi connectivity index (χ1) is 11.3. The number of rotatable bonds is 6. The van der Waals surface area contributed by atoms with Crippen molar-refractivity contribution in [2.45, 2.75) is 30.7 Å². The van der Waals surface area contributed by atoms with E-state index >= 15 is 0 Å². The number of nitrogens with zero attached hydrogens (tertiary/aromatic N) is 2. The van der Waals surface area contributed by atoms with Crippen LogP contribution in [0.3, 0.4) is 0 Å². The highest BCUT2D eigenvalue weighted by Gasteiger charge is 2.25. The Hall–Kier alpha value is -1.15. The number of sulfonamides is 1. The monoisotopic (exact) mass is 373 g/mol. The van der Waals surface area contributed by atoms with Crippen LogP contribution in [0.1, 0.15) is 30.1 Å². The molecule has 1 aromatic carbocycles. The predicted octanol–water partition coefficient (Wildman–Crippen LogP) is 1.80. The molecule has 1 fully saturated rings. The molecule has 0 saturated carbocycles. The molecule has 1 aromatic rings. The molecule has 6 nitrogen and oxygen atoms in total. The minimum Gasteiger partial charge on any atom is -0.350 e. The van der Waals surface area contributed by atoms with Gasteiger partial charge in [0.05, 0.1) is 15.5 Å². The first kappa shape index (κ1) is 19.2. The van der Waals surface area contributed by atoms with Crippen LogP contribution in [0.25, 0.3) is 0 Å². The van der Waals surface area contributed by atoms with Gasteiger partial charge in [-0.1, -0.05) is 18.5 Å². The Labute approximate surface area is 148 Å². The van der Waals surface area contributed by atoms with Gasteiger partial charge < -0.3 is 5.32 Å². The third-order valence-corrected chi connectivity index (χ3v) is 6.51. The molecule has 0 aromatic heterocycles. The molecule has 1 saturated heterocycles. The lowest BCUT2D eigenvalue weighted by Crippen LogP contribution is -2.40. The summed E-state index contributed by atoms with van der Waals surface area (Å²) in [7, 11) is -0.711. The highest BCUT2D eigenvalue weighted by Crippen LogP contribution is 2.22. The summed E-state index contributed by atoms with van der Waals surface area (Å²) in [4.78, 5) is 14.8. The number of amides is 1. The Morgan fingerprint density at radius 1 is 1.42 bits per heavy atom. The predicted molar refractivity (Wildman–Crippen MR) is 94.9 cm³/mol. The lowest BCUT2D eigenvalue weighted by molar-refractivity contribution is 0.0941. The Bertz CT molecular complexity index is 707. The van der Waals surface area contributed by atoms with Crippen LogP contribution >= 0.6 is 11.6 Å². The first-order valence-corrected chi connectivity index (χ1v) is 9.83. The Balaban J connectivity index is 2.14. The second-order valence-electron chi connectivity index (χ2n) is 6.06. The van der Waals surface area contributed by atoms with E-state index in [1.165, 1.54) is 32.3 Å². The molecule has 1 aliphatic heterocycles. The topological polar surface area (TPSA) is 69.7 Å². The maximum Gasteiger partial charge on any atom is 0.252 e. The van der Waals surface area contributed by atoms with E-state index < -0.39 is 10.0 Å². The molecule has 24 heavy (non-hydrogen) atoms. The van der Waals surface area contributed by atoms with E-state index in [0.29, 0.717) is 12.6 Å². The van der Waals surface area contributed by atoms with Gasteiger partial charge in [-0.05, 0) is 44.1 Å².